The standard InChI is InChI=1S/C31H39Cl3N2O6S/c1-20-8-11-23(26(34)16-20)27-24(28(37)42-19-21-9-10-22(32)17-25(21)33)18-35(14-12-30(2,3)4)43(39,40)36(27)15-13-31(5,6)29(38)41-7/h8-11,16-18,27H,12-15,19H2,1-7H3. The molecule has 43 heavy (non-hydrogen) atoms. The van der Waals surface area contributed by atoms with E-state index in [4.69, 9.17) is 44.3 Å². The zero-order valence-corrected chi connectivity index (χ0v) is 28.6. The Morgan fingerprint density at radius 2 is 1.60 bits per heavy atom. The number of aryl methyl sites for hydroxylation is 1. The Hall–Kier alpha value is -2.30. The molecule has 1 aliphatic heterocycles. The molecule has 1 atom stereocenters. The smallest absolute Gasteiger partial charge is 0.337 e. The van der Waals surface area contributed by atoms with Crippen LogP contribution < -0.4 is 0 Å². The fourth-order valence-corrected chi connectivity index (χ4v) is 7.01. The second kappa shape index (κ2) is 13.8. The molecule has 12 heteroatoms. The maximum absolute atomic E-state index is 14.2. The van der Waals surface area contributed by atoms with E-state index in [-0.39, 0.29) is 37.1 Å². The van der Waals surface area contributed by atoms with Crippen LogP contribution in [0.4, 0.5) is 0 Å². The molecule has 236 valence electrons. The molecule has 0 amide bonds. The van der Waals surface area contributed by atoms with Crippen LogP contribution in [0, 0.1) is 17.8 Å². The molecule has 0 fully saturated rings. The van der Waals surface area contributed by atoms with Crippen molar-refractivity contribution in [3.05, 3.63) is 79.9 Å². The van der Waals surface area contributed by atoms with Crippen LogP contribution in [0.1, 0.15) is 70.2 Å². The van der Waals surface area contributed by atoms with E-state index in [0.717, 1.165) is 5.56 Å². The first-order valence-corrected chi connectivity index (χ1v) is 16.4. The molecular weight excluding hydrogens is 635 g/mol. The third-order valence-corrected chi connectivity index (χ3v) is 10.1. The summed E-state index contributed by atoms with van der Waals surface area (Å²) in [5.74, 6) is -1.22. The van der Waals surface area contributed by atoms with Crippen LogP contribution in [0.25, 0.3) is 0 Å². The van der Waals surface area contributed by atoms with Crippen LogP contribution in [0.2, 0.25) is 15.1 Å². The lowest BCUT2D eigenvalue weighted by Gasteiger charge is -2.41. The number of benzene rings is 2. The first kappa shape index (κ1) is 35.2. The van der Waals surface area contributed by atoms with Crippen molar-refractivity contribution in [2.45, 2.75) is 67.0 Å². The van der Waals surface area contributed by atoms with Gasteiger partial charge in [0.1, 0.15) is 6.61 Å². The topological polar surface area (TPSA) is 93.2 Å². The second-order valence-electron chi connectivity index (χ2n) is 12.5. The van der Waals surface area contributed by atoms with Crippen LogP contribution >= 0.6 is 34.8 Å². The number of halogens is 3. The van der Waals surface area contributed by atoms with Crippen LogP contribution in [0.15, 0.2) is 48.2 Å². The lowest BCUT2D eigenvalue weighted by Crippen LogP contribution is -2.50. The Labute approximate surface area is 270 Å². The van der Waals surface area contributed by atoms with E-state index < -0.39 is 33.6 Å². The summed E-state index contributed by atoms with van der Waals surface area (Å²) in [6, 6.07) is 8.94. The van der Waals surface area contributed by atoms with E-state index >= 15 is 0 Å². The summed E-state index contributed by atoms with van der Waals surface area (Å²) in [7, 11) is -2.89. The summed E-state index contributed by atoms with van der Waals surface area (Å²) in [4.78, 5) is 26.3. The van der Waals surface area contributed by atoms with Gasteiger partial charge in [0, 0.05) is 39.9 Å². The first-order chi connectivity index (χ1) is 19.9. The molecule has 0 radical (unpaired) electrons. The molecule has 2 aromatic carbocycles. The van der Waals surface area contributed by atoms with Gasteiger partial charge in [0.2, 0.25) is 0 Å². The molecule has 1 unspecified atom stereocenters. The third-order valence-electron chi connectivity index (χ3n) is 7.30. The van der Waals surface area contributed by atoms with Gasteiger partial charge in [-0.15, -0.1) is 0 Å². The molecule has 1 aliphatic rings. The lowest BCUT2D eigenvalue weighted by molar-refractivity contribution is -0.151. The molecular formula is C31H39Cl3N2O6S. The maximum Gasteiger partial charge on any atom is 0.337 e. The predicted molar refractivity (Wildman–Crippen MR) is 170 cm³/mol. The number of methoxy groups -OCH3 is 1. The van der Waals surface area contributed by atoms with Gasteiger partial charge in [-0.3, -0.25) is 9.10 Å². The normalized spacial score (nSPS) is 17.4. The maximum atomic E-state index is 14.2. The SMILES string of the molecule is COC(=O)C(C)(C)CCN1C(c2ccc(C)cc2Cl)C(C(=O)OCc2ccc(Cl)cc2Cl)=CN(CCC(C)(C)C)S1(=O)=O. The van der Waals surface area contributed by atoms with Crippen molar-refractivity contribution in [3.8, 4) is 0 Å². The zero-order valence-electron chi connectivity index (χ0n) is 25.5. The van der Waals surface area contributed by atoms with E-state index in [0.29, 0.717) is 32.6 Å². The Morgan fingerprint density at radius 1 is 0.930 bits per heavy atom. The summed E-state index contributed by atoms with van der Waals surface area (Å²) in [6.07, 6.45) is 1.98. The second-order valence-corrected chi connectivity index (χ2v) is 15.6. The van der Waals surface area contributed by atoms with Crippen molar-refractivity contribution in [1.29, 1.82) is 0 Å². The molecule has 1 heterocycles. The largest absolute Gasteiger partial charge is 0.469 e. The van der Waals surface area contributed by atoms with E-state index in [9.17, 15) is 18.0 Å². The van der Waals surface area contributed by atoms with E-state index in [1.54, 1.807) is 50.2 Å². The number of esters is 2. The van der Waals surface area contributed by atoms with Gasteiger partial charge in [-0.05, 0) is 68.4 Å². The van der Waals surface area contributed by atoms with Gasteiger partial charge in [-0.25, -0.2) is 4.79 Å². The molecule has 2 aromatic rings. The molecule has 3 rings (SSSR count). The fraction of sp³-hybridized carbons (Fsp3) is 0.484. The number of hydrogen-bond donors (Lipinski definition) is 0. The molecule has 0 aromatic heterocycles. The number of carbonyl (C=O) groups excluding carboxylic acids is 2. The minimum atomic E-state index is -4.17. The minimum absolute atomic E-state index is 0.0791. The van der Waals surface area contributed by atoms with Gasteiger partial charge < -0.3 is 9.47 Å². The average molecular weight is 674 g/mol. The lowest BCUT2D eigenvalue weighted by atomic mass is 9.89. The predicted octanol–water partition coefficient (Wildman–Crippen LogP) is 7.51. The number of carbonyl (C=O) groups is 2. The van der Waals surface area contributed by atoms with Gasteiger partial charge in [0.25, 0.3) is 0 Å². The Balaban J connectivity index is 2.15. The molecule has 0 saturated heterocycles. The molecule has 0 bridgehead atoms. The first-order valence-electron chi connectivity index (χ1n) is 13.8. The van der Waals surface area contributed by atoms with Gasteiger partial charge in [0.05, 0.1) is 24.1 Å². The van der Waals surface area contributed by atoms with Crippen molar-refractivity contribution in [1.82, 2.24) is 8.61 Å². The molecule has 0 aliphatic carbocycles. The minimum Gasteiger partial charge on any atom is -0.469 e. The van der Waals surface area contributed by atoms with Crippen molar-refractivity contribution < 1.29 is 27.5 Å². The van der Waals surface area contributed by atoms with Crippen LogP contribution in [-0.2, 0) is 35.9 Å². The molecule has 0 spiro atoms. The van der Waals surface area contributed by atoms with Crippen molar-refractivity contribution >= 4 is 57.0 Å². The van der Waals surface area contributed by atoms with E-state index in [1.807, 2.05) is 27.7 Å². The van der Waals surface area contributed by atoms with Gasteiger partial charge in [-0.2, -0.15) is 12.7 Å². The summed E-state index contributed by atoms with van der Waals surface area (Å²) < 4.78 is 41.5. The third kappa shape index (κ3) is 8.66. The summed E-state index contributed by atoms with van der Waals surface area (Å²) >= 11 is 19.0. The van der Waals surface area contributed by atoms with Gasteiger partial charge >= 0.3 is 22.1 Å². The van der Waals surface area contributed by atoms with Crippen molar-refractivity contribution in [2.75, 3.05) is 20.2 Å². The van der Waals surface area contributed by atoms with E-state index in [2.05, 4.69) is 0 Å². The van der Waals surface area contributed by atoms with Crippen LogP contribution in [0.5, 0.6) is 0 Å². The van der Waals surface area contributed by atoms with Gasteiger partial charge in [-0.1, -0.05) is 73.8 Å². The monoisotopic (exact) mass is 672 g/mol. The van der Waals surface area contributed by atoms with Gasteiger partial charge in [0.15, 0.2) is 0 Å². The molecule has 0 saturated carbocycles. The number of rotatable bonds is 10. The Bertz CT molecular complexity index is 1500. The summed E-state index contributed by atoms with van der Waals surface area (Å²) in [5, 5.41) is 1.06. The highest BCUT2D eigenvalue weighted by molar-refractivity contribution is 7.86. The van der Waals surface area contributed by atoms with Crippen LogP contribution in [-0.4, -0.2) is 49.2 Å². The Kier molecular flexibility index (Phi) is 11.3. The van der Waals surface area contributed by atoms with Crippen molar-refractivity contribution in [3.63, 3.8) is 0 Å². The fourth-order valence-electron chi connectivity index (χ4n) is 4.56. The summed E-state index contributed by atoms with van der Waals surface area (Å²) in [5.41, 5.74) is 0.697. The quantitative estimate of drug-likeness (QED) is 0.243. The highest BCUT2D eigenvalue weighted by Crippen LogP contribution is 2.42. The number of ether oxygens (including phenoxy) is 2. The number of hydrogen-bond acceptors (Lipinski definition) is 6. The van der Waals surface area contributed by atoms with E-state index in [1.165, 1.54) is 21.9 Å². The zero-order chi connectivity index (χ0) is 32.3. The Morgan fingerprint density at radius 3 is 2.19 bits per heavy atom. The summed E-state index contributed by atoms with van der Waals surface area (Å²) in [6.45, 7) is 11.1. The number of nitrogens with zero attached hydrogens (tertiary/aromatic N) is 2. The highest BCUT2D eigenvalue weighted by atomic mass is 35.5. The highest BCUT2D eigenvalue weighted by Gasteiger charge is 2.46. The van der Waals surface area contributed by atoms with Crippen molar-refractivity contribution in [2.24, 2.45) is 10.8 Å². The molecule has 0 N–H and O–H groups in total. The molecule has 8 nitrogen and oxygen atoms in total. The van der Waals surface area contributed by atoms with Crippen LogP contribution in [0.3, 0.4) is 0 Å². The average Bonchev–Trinajstić information content (AvgIpc) is 2.89.